The van der Waals surface area contributed by atoms with E-state index < -0.39 is 9.84 Å². The third-order valence-electron chi connectivity index (χ3n) is 4.31. The Kier molecular flexibility index (Phi) is 4.39. The number of nitrogens with one attached hydrogen (secondary N) is 1. The average molecular weight is 335 g/mol. The van der Waals surface area contributed by atoms with Gasteiger partial charge in [-0.05, 0) is 31.9 Å². The first-order valence-electron chi connectivity index (χ1n) is 7.86. The highest BCUT2D eigenvalue weighted by molar-refractivity contribution is 7.91. The van der Waals surface area contributed by atoms with E-state index in [4.69, 9.17) is 0 Å². The Hall–Kier alpha value is -1.89. The lowest BCUT2D eigenvalue weighted by Gasteiger charge is -2.10. The Morgan fingerprint density at radius 3 is 2.91 bits per heavy atom. The van der Waals surface area contributed by atoms with Crippen LogP contribution in [0.5, 0.6) is 0 Å². The zero-order valence-electron chi connectivity index (χ0n) is 13.2. The van der Waals surface area contributed by atoms with Crippen LogP contribution in [0.3, 0.4) is 0 Å². The molecule has 1 aliphatic heterocycles. The maximum Gasteiger partial charge on any atom is 0.224 e. The van der Waals surface area contributed by atoms with Crippen LogP contribution in [-0.4, -0.2) is 41.9 Å². The highest BCUT2D eigenvalue weighted by Crippen LogP contribution is 2.18. The lowest BCUT2D eigenvalue weighted by atomic mass is 10.1. The third-order valence-corrected chi connectivity index (χ3v) is 6.07. The molecule has 0 radical (unpaired) electrons. The van der Waals surface area contributed by atoms with Gasteiger partial charge >= 0.3 is 0 Å². The molecule has 0 saturated carbocycles. The lowest BCUT2D eigenvalue weighted by Crippen LogP contribution is -2.32. The summed E-state index contributed by atoms with van der Waals surface area (Å²) in [6, 6.07) is 7.98. The zero-order valence-corrected chi connectivity index (χ0v) is 14.0. The number of hydrogen-bond donors (Lipinski definition) is 1. The number of amides is 1. The van der Waals surface area contributed by atoms with Crippen molar-refractivity contribution in [2.75, 3.05) is 18.1 Å². The minimum Gasteiger partial charge on any atom is -0.356 e. The topological polar surface area (TPSA) is 81.1 Å². The molecule has 0 bridgehead atoms. The van der Waals surface area contributed by atoms with Crippen LogP contribution in [-0.2, 0) is 21.2 Å². The van der Waals surface area contributed by atoms with Gasteiger partial charge in [-0.2, -0.15) is 0 Å². The Morgan fingerprint density at radius 1 is 1.39 bits per heavy atom. The van der Waals surface area contributed by atoms with Crippen LogP contribution < -0.4 is 5.32 Å². The molecule has 1 saturated heterocycles. The number of rotatable bonds is 5. The number of fused-ring (bicyclic) bond motifs is 1. The summed E-state index contributed by atoms with van der Waals surface area (Å²) in [6.07, 6.45) is 1.23. The van der Waals surface area contributed by atoms with E-state index in [-0.39, 0.29) is 23.3 Å². The summed E-state index contributed by atoms with van der Waals surface area (Å²) >= 11 is 0. The first kappa shape index (κ1) is 16.0. The molecule has 1 aromatic carbocycles. The minimum absolute atomic E-state index is 0.00982. The van der Waals surface area contributed by atoms with Gasteiger partial charge in [0, 0.05) is 13.1 Å². The highest BCUT2D eigenvalue weighted by atomic mass is 32.2. The summed E-state index contributed by atoms with van der Waals surface area (Å²) in [4.78, 5) is 16.5. The van der Waals surface area contributed by atoms with E-state index in [1.54, 1.807) is 0 Å². The number of benzene rings is 1. The second-order valence-electron chi connectivity index (χ2n) is 6.04. The number of hydrogen-bond acceptors (Lipinski definition) is 4. The first-order valence-corrected chi connectivity index (χ1v) is 9.68. The molecule has 7 heteroatoms. The molecular formula is C16H21N3O3S. The summed E-state index contributed by atoms with van der Waals surface area (Å²) in [5.41, 5.74) is 2.07. The maximum absolute atomic E-state index is 12.0. The maximum atomic E-state index is 12.0. The SMILES string of the molecule is Cc1nc2ccccc2n1CCCNC(=O)C1CCS(=O)(=O)C1. The number of carbonyl (C=O) groups excluding carboxylic acids is 1. The molecule has 3 rings (SSSR count). The van der Waals surface area contributed by atoms with E-state index in [0.29, 0.717) is 13.0 Å². The van der Waals surface area contributed by atoms with E-state index in [1.165, 1.54) is 0 Å². The largest absolute Gasteiger partial charge is 0.356 e. The van der Waals surface area contributed by atoms with Crippen molar-refractivity contribution >= 4 is 26.8 Å². The van der Waals surface area contributed by atoms with Crippen molar-refractivity contribution in [3.05, 3.63) is 30.1 Å². The van der Waals surface area contributed by atoms with Gasteiger partial charge in [0.2, 0.25) is 5.91 Å². The Balaban J connectivity index is 1.52. The van der Waals surface area contributed by atoms with Gasteiger partial charge in [-0.1, -0.05) is 12.1 Å². The second-order valence-corrected chi connectivity index (χ2v) is 8.27. The van der Waals surface area contributed by atoms with E-state index in [9.17, 15) is 13.2 Å². The van der Waals surface area contributed by atoms with Crippen LogP contribution in [0.4, 0.5) is 0 Å². The second kappa shape index (κ2) is 6.31. The quantitative estimate of drug-likeness (QED) is 0.835. The first-order chi connectivity index (χ1) is 11.0. The molecule has 23 heavy (non-hydrogen) atoms. The number of aryl methyl sites for hydroxylation is 2. The molecule has 0 aliphatic carbocycles. The molecule has 1 unspecified atom stereocenters. The Morgan fingerprint density at radius 2 is 2.17 bits per heavy atom. The fourth-order valence-electron chi connectivity index (χ4n) is 3.07. The molecule has 1 fully saturated rings. The van der Waals surface area contributed by atoms with Crippen molar-refractivity contribution < 1.29 is 13.2 Å². The molecular weight excluding hydrogens is 314 g/mol. The summed E-state index contributed by atoms with van der Waals surface area (Å²) < 4.78 is 24.9. The van der Waals surface area contributed by atoms with Gasteiger partial charge < -0.3 is 9.88 Å². The standard InChI is InChI=1S/C16H21N3O3S/c1-12-18-14-5-2-3-6-15(14)19(12)9-4-8-17-16(20)13-7-10-23(21,22)11-13/h2-3,5-6,13H,4,7-11H2,1H3,(H,17,20). The van der Waals surface area contributed by atoms with E-state index >= 15 is 0 Å². The predicted octanol–water partition coefficient (Wildman–Crippen LogP) is 1.29. The fourth-order valence-corrected chi connectivity index (χ4v) is 4.81. The molecule has 1 aliphatic rings. The van der Waals surface area contributed by atoms with Crippen molar-refractivity contribution in [1.29, 1.82) is 0 Å². The zero-order chi connectivity index (χ0) is 16.4. The number of carbonyl (C=O) groups is 1. The van der Waals surface area contributed by atoms with Crippen molar-refractivity contribution in [2.24, 2.45) is 5.92 Å². The van der Waals surface area contributed by atoms with Gasteiger partial charge in [-0.3, -0.25) is 4.79 Å². The van der Waals surface area contributed by atoms with Gasteiger partial charge in [-0.15, -0.1) is 0 Å². The van der Waals surface area contributed by atoms with Crippen LogP contribution in [0.25, 0.3) is 11.0 Å². The van der Waals surface area contributed by atoms with E-state index in [1.807, 2.05) is 31.2 Å². The van der Waals surface area contributed by atoms with E-state index in [2.05, 4.69) is 14.9 Å². The predicted molar refractivity (Wildman–Crippen MR) is 88.9 cm³/mol. The summed E-state index contributed by atoms with van der Waals surface area (Å²) in [6.45, 7) is 3.29. The highest BCUT2D eigenvalue weighted by Gasteiger charge is 2.32. The average Bonchev–Trinajstić information content (AvgIpc) is 3.03. The molecule has 6 nitrogen and oxygen atoms in total. The number of sulfone groups is 1. The smallest absolute Gasteiger partial charge is 0.224 e. The van der Waals surface area contributed by atoms with Crippen LogP contribution in [0.15, 0.2) is 24.3 Å². The minimum atomic E-state index is -3.01. The van der Waals surface area contributed by atoms with Crippen LogP contribution in [0, 0.1) is 12.8 Å². The van der Waals surface area contributed by atoms with Gasteiger partial charge in [-0.25, -0.2) is 13.4 Å². The molecule has 0 spiro atoms. The summed E-state index contributed by atoms with van der Waals surface area (Å²) in [5.74, 6) is 0.559. The van der Waals surface area contributed by atoms with Gasteiger partial charge in [0.05, 0.1) is 28.5 Å². The molecule has 1 aromatic heterocycles. The normalized spacial score (nSPS) is 20.0. The Bertz CT molecular complexity index is 826. The summed E-state index contributed by atoms with van der Waals surface area (Å²) in [7, 11) is -3.01. The van der Waals surface area contributed by atoms with Crippen molar-refractivity contribution in [3.8, 4) is 0 Å². The van der Waals surface area contributed by atoms with Crippen LogP contribution in [0.1, 0.15) is 18.7 Å². The molecule has 124 valence electrons. The van der Waals surface area contributed by atoms with Crippen molar-refractivity contribution in [3.63, 3.8) is 0 Å². The number of nitrogens with zero attached hydrogens (tertiary/aromatic N) is 2. The number of aromatic nitrogens is 2. The fraction of sp³-hybridized carbons (Fsp3) is 0.500. The van der Waals surface area contributed by atoms with Gasteiger partial charge in [0.15, 0.2) is 9.84 Å². The van der Waals surface area contributed by atoms with Gasteiger partial charge in [0.1, 0.15) is 5.82 Å². The van der Waals surface area contributed by atoms with Crippen LogP contribution in [0.2, 0.25) is 0 Å². The lowest BCUT2D eigenvalue weighted by molar-refractivity contribution is -0.124. The van der Waals surface area contributed by atoms with Crippen molar-refractivity contribution in [1.82, 2.24) is 14.9 Å². The Labute approximate surface area is 135 Å². The molecule has 1 amide bonds. The summed E-state index contributed by atoms with van der Waals surface area (Å²) in [5, 5.41) is 2.86. The number of imidazole rings is 1. The van der Waals surface area contributed by atoms with Crippen molar-refractivity contribution in [2.45, 2.75) is 26.3 Å². The van der Waals surface area contributed by atoms with Crippen LogP contribution >= 0.6 is 0 Å². The molecule has 2 heterocycles. The molecule has 1 N–H and O–H groups in total. The molecule has 2 aromatic rings. The third kappa shape index (κ3) is 3.55. The van der Waals surface area contributed by atoms with Gasteiger partial charge in [0.25, 0.3) is 0 Å². The number of para-hydroxylation sites is 2. The van der Waals surface area contributed by atoms with E-state index in [0.717, 1.165) is 29.8 Å². The molecule has 1 atom stereocenters. The monoisotopic (exact) mass is 335 g/mol.